The quantitative estimate of drug-likeness (QED) is 0.353. The van der Waals surface area contributed by atoms with Gasteiger partial charge in [0.1, 0.15) is 11.3 Å². The van der Waals surface area contributed by atoms with E-state index in [2.05, 4.69) is 20.7 Å². The fourth-order valence-corrected chi connectivity index (χ4v) is 3.65. The van der Waals surface area contributed by atoms with Gasteiger partial charge in [-0.3, -0.25) is 19.6 Å². The van der Waals surface area contributed by atoms with Gasteiger partial charge in [-0.15, -0.1) is 0 Å². The van der Waals surface area contributed by atoms with Gasteiger partial charge in [0.2, 0.25) is 11.9 Å². The molecule has 4 N–H and O–H groups in total. The second-order valence-electron chi connectivity index (χ2n) is 9.47. The van der Waals surface area contributed by atoms with Crippen LogP contribution in [0.3, 0.4) is 0 Å². The lowest BCUT2D eigenvalue weighted by molar-refractivity contribution is -0.141. The molecule has 38 heavy (non-hydrogen) atoms. The van der Waals surface area contributed by atoms with E-state index in [1.165, 1.54) is 12.1 Å². The first-order valence-corrected chi connectivity index (χ1v) is 11.9. The Labute approximate surface area is 216 Å². The molecular formula is C24H30F3N7O4. The van der Waals surface area contributed by atoms with Crippen molar-refractivity contribution in [2.24, 2.45) is 5.73 Å². The van der Waals surface area contributed by atoms with E-state index in [1.807, 2.05) is 0 Å². The average Bonchev–Trinajstić information content (AvgIpc) is 3.39. The van der Waals surface area contributed by atoms with E-state index < -0.39 is 35.4 Å². The monoisotopic (exact) mass is 537 g/mol. The Hall–Kier alpha value is -4.10. The van der Waals surface area contributed by atoms with Crippen LogP contribution in [0.5, 0.6) is 0 Å². The van der Waals surface area contributed by atoms with Crippen molar-refractivity contribution in [3.63, 3.8) is 0 Å². The lowest BCUT2D eigenvalue weighted by Crippen LogP contribution is -2.33. The maximum absolute atomic E-state index is 13.2. The van der Waals surface area contributed by atoms with Crippen molar-refractivity contribution < 1.29 is 32.3 Å². The Morgan fingerprint density at radius 3 is 2.42 bits per heavy atom. The van der Waals surface area contributed by atoms with E-state index >= 15 is 0 Å². The van der Waals surface area contributed by atoms with Gasteiger partial charge >= 0.3 is 12.3 Å². The zero-order chi connectivity index (χ0) is 28.3. The van der Waals surface area contributed by atoms with Crippen LogP contribution in [0, 0.1) is 0 Å². The highest BCUT2D eigenvalue weighted by Gasteiger charge is 2.36. The number of aryl methyl sites for hydroxylation is 2. The summed E-state index contributed by atoms with van der Waals surface area (Å²) in [5.74, 6) is -1.41. The van der Waals surface area contributed by atoms with Crippen LogP contribution >= 0.6 is 0 Å². The SMILES string of the molecule is CCn1nc(C(F)(F)F)cc1C(=O)Nc1nc2cc(C(N)=O)ccc2n1CCCCNC(=O)OC(C)(C)C. The summed E-state index contributed by atoms with van der Waals surface area (Å²) < 4.78 is 47.3. The molecule has 206 valence electrons. The number of unbranched alkanes of at least 4 members (excludes halogenated alkanes) is 1. The summed E-state index contributed by atoms with van der Waals surface area (Å²) in [5, 5.41) is 8.70. The molecule has 14 heteroatoms. The molecule has 11 nitrogen and oxygen atoms in total. The van der Waals surface area contributed by atoms with Crippen LogP contribution in [0.1, 0.15) is 67.1 Å². The van der Waals surface area contributed by atoms with E-state index in [9.17, 15) is 27.6 Å². The number of rotatable bonds is 9. The molecule has 0 aliphatic rings. The van der Waals surface area contributed by atoms with Crippen molar-refractivity contribution >= 4 is 34.9 Å². The Morgan fingerprint density at radius 1 is 1.11 bits per heavy atom. The van der Waals surface area contributed by atoms with E-state index in [1.54, 1.807) is 38.3 Å². The van der Waals surface area contributed by atoms with Crippen molar-refractivity contribution in [3.05, 3.63) is 41.2 Å². The third kappa shape index (κ3) is 7.01. The zero-order valence-electron chi connectivity index (χ0n) is 21.5. The van der Waals surface area contributed by atoms with Crippen LogP contribution in [-0.4, -0.2) is 49.4 Å². The number of carbonyl (C=O) groups excluding carboxylic acids is 3. The van der Waals surface area contributed by atoms with Gasteiger partial charge in [0.25, 0.3) is 5.91 Å². The zero-order valence-corrected chi connectivity index (χ0v) is 21.5. The Bertz CT molecular complexity index is 1340. The number of imidazole rings is 1. The van der Waals surface area contributed by atoms with Gasteiger partial charge in [0.15, 0.2) is 5.69 Å². The Morgan fingerprint density at radius 2 is 1.82 bits per heavy atom. The van der Waals surface area contributed by atoms with Crippen molar-refractivity contribution in [1.29, 1.82) is 0 Å². The molecule has 0 fully saturated rings. The summed E-state index contributed by atoms with van der Waals surface area (Å²) in [5.41, 5.74) is 4.43. The lowest BCUT2D eigenvalue weighted by atomic mass is 10.2. The lowest BCUT2D eigenvalue weighted by Gasteiger charge is -2.19. The number of nitrogens with zero attached hydrogens (tertiary/aromatic N) is 4. The number of alkyl carbamates (subject to hydrolysis) is 1. The predicted molar refractivity (Wildman–Crippen MR) is 133 cm³/mol. The minimum atomic E-state index is -4.71. The number of aromatic nitrogens is 4. The van der Waals surface area contributed by atoms with Crippen molar-refractivity contribution in [3.8, 4) is 0 Å². The molecule has 0 radical (unpaired) electrons. The smallest absolute Gasteiger partial charge is 0.435 e. The van der Waals surface area contributed by atoms with Crippen LogP contribution < -0.4 is 16.4 Å². The number of nitrogens with one attached hydrogen (secondary N) is 2. The second-order valence-corrected chi connectivity index (χ2v) is 9.47. The first-order valence-electron chi connectivity index (χ1n) is 11.9. The van der Waals surface area contributed by atoms with Crippen molar-refractivity contribution in [2.75, 3.05) is 11.9 Å². The van der Waals surface area contributed by atoms with Gasteiger partial charge in [-0.1, -0.05) is 0 Å². The van der Waals surface area contributed by atoms with Crippen molar-refractivity contribution in [2.45, 2.75) is 65.4 Å². The summed E-state index contributed by atoms with van der Waals surface area (Å²) in [6.45, 7) is 7.57. The van der Waals surface area contributed by atoms with Crippen LogP contribution in [0.4, 0.5) is 23.9 Å². The summed E-state index contributed by atoms with van der Waals surface area (Å²) in [6.07, 6.45) is -4.14. The molecule has 0 saturated heterocycles. The number of hydrogen-bond donors (Lipinski definition) is 3. The highest BCUT2D eigenvalue weighted by molar-refractivity contribution is 6.03. The molecule has 0 atom stereocenters. The molecule has 3 rings (SSSR count). The van der Waals surface area contributed by atoms with E-state index in [-0.39, 0.29) is 23.8 Å². The number of halogens is 3. The number of anilines is 1. The number of carbonyl (C=O) groups is 3. The number of hydrogen-bond acceptors (Lipinski definition) is 6. The minimum absolute atomic E-state index is 0.0435. The summed E-state index contributed by atoms with van der Waals surface area (Å²) in [7, 11) is 0. The molecule has 0 aliphatic heterocycles. The first-order chi connectivity index (χ1) is 17.7. The number of nitrogens with two attached hydrogens (primary N) is 1. The van der Waals surface area contributed by atoms with Gasteiger partial charge in [0.05, 0.1) is 11.0 Å². The third-order valence-corrected chi connectivity index (χ3v) is 5.34. The molecule has 0 saturated carbocycles. The van der Waals surface area contributed by atoms with Gasteiger partial charge in [-0.25, -0.2) is 9.78 Å². The topological polar surface area (TPSA) is 146 Å². The molecule has 0 bridgehead atoms. The van der Waals surface area contributed by atoms with E-state index in [4.69, 9.17) is 10.5 Å². The van der Waals surface area contributed by atoms with Gasteiger partial charge in [-0.2, -0.15) is 18.3 Å². The third-order valence-electron chi connectivity index (χ3n) is 5.34. The fraction of sp³-hybridized carbons (Fsp3) is 0.458. The number of primary amides is 1. The molecule has 3 aromatic rings. The van der Waals surface area contributed by atoms with E-state index in [0.717, 1.165) is 4.68 Å². The number of benzene rings is 1. The number of amides is 3. The number of alkyl halides is 3. The van der Waals surface area contributed by atoms with Crippen LogP contribution in [0.15, 0.2) is 24.3 Å². The van der Waals surface area contributed by atoms with Gasteiger partial charge < -0.3 is 20.4 Å². The summed E-state index contributed by atoms with van der Waals surface area (Å²) in [6, 6.07) is 5.28. The van der Waals surface area contributed by atoms with Crippen LogP contribution in [-0.2, 0) is 24.0 Å². The molecule has 2 aromatic heterocycles. The Balaban J connectivity index is 1.81. The first kappa shape index (κ1) is 28.5. The van der Waals surface area contributed by atoms with Crippen LogP contribution in [0.25, 0.3) is 11.0 Å². The fourth-order valence-electron chi connectivity index (χ4n) is 3.65. The largest absolute Gasteiger partial charge is 0.444 e. The van der Waals surface area contributed by atoms with Crippen LogP contribution in [0.2, 0.25) is 0 Å². The minimum Gasteiger partial charge on any atom is -0.444 e. The molecule has 0 spiro atoms. The highest BCUT2D eigenvalue weighted by Crippen LogP contribution is 2.29. The standard InChI is InChI=1S/C24H30F3N7O4/c1-5-34-17(13-18(32-34)24(25,26)27)20(36)31-21-30-15-12-14(19(28)35)8-9-16(15)33(21)11-7-6-10-29-22(37)38-23(2,3)4/h8-9,12-13H,5-7,10-11H2,1-4H3,(H2,28,35)(H,29,37)(H,30,31,36). The molecule has 0 aliphatic carbocycles. The molecule has 3 amide bonds. The highest BCUT2D eigenvalue weighted by atomic mass is 19.4. The van der Waals surface area contributed by atoms with Crippen molar-refractivity contribution in [1.82, 2.24) is 24.6 Å². The number of fused-ring (bicyclic) bond motifs is 1. The molecule has 2 heterocycles. The maximum atomic E-state index is 13.2. The molecule has 1 aromatic carbocycles. The maximum Gasteiger partial charge on any atom is 0.435 e. The summed E-state index contributed by atoms with van der Waals surface area (Å²) >= 11 is 0. The van der Waals surface area contributed by atoms with Gasteiger partial charge in [0, 0.05) is 31.3 Å². The normalized spacial score (nSPS) is 12.0. The molecule has 0 unspecified atom stereocenters. The predicted octanol–water partition coefficient (Wildman–Crippen LogP) is 3.93. The average molecular weight is 538 g/mol. The van der Waals surface area contributed by atoms with E-state index in [0.29, 0.717) is 43.0 Å². The Kier molecular flexibility index (Phi) is 8.32. The summed E-state index contributed by atoms with van der Waals surface area (Å²) in [4.78, 5) is 40.8. The second kappa shape index (κ2) is 11.1. The number of ether oxygens (including phenoxy) is 1. The van der Waals surface area contributed by atoms with Gasteiger partial charge in [-0.05, 0) is 58.7 Å². The molecular weight excluding hydrogens is 507 g/mol.